The van der Waals surface area contributed by atoms with E-state index >= 15 is 0 Å². The number of alkyl halides is 2. The molecular weight excluding hydrogens is 320 g/mol. The molecule has 0 saturated heterocycles. The van der Waals surface area contributed by atoms with Gasteiger partial charge in [-0.05, 0) is 30.7 Å². The van der Waals surface area contributed by atoms with E-state index in [0.717, 1.165) is 5.56 Å². The van der Waals surface area contributed by atoms with Crippen molar-refractivity contribution in [2.75, 3.05) is 19.5 Å². The summed E-state index contributed by atoms with van der Waals surface area (Å²) in [6.07, 6.45) is 0. The van der Waals surface area contributed by atoms with Gasteiger partial charge in [0.15, 0.2) is 11.5 Å². The topological polar surface area (TPSA) is 56.8 Å². The Morgan fingerprint density at radius 2 is 1.67 bits per heavy atom. The number of methoxy groups -OCH3 is 2. The Morgan fingerprint density at radius 1 is 1.04 bits per heavy atom. The minimum Gasteiger partial charge on any atom is -0.493 e. The Balaban J connectivity index is 2.30. The fourth-order valence-electron chi connectivity index (χ4n) is 2.16. The average molecular weight is 337 g/mol. The lowest BCUT2D eigenvalue weighted by Crippen LogP contribution is -2.15. The summed E-state index contributed by atoms with van der Waals surface area (Å²) in [6.45, 7) is -1.24. The minimum atomic E-state index is -3.01. The molecule has 0 saturated carbocycles. The summed E-state index contributed by atoms with van der Waals surface area (Å²) in [6, 6.07) is 9.09. The Morgan fingerprint density at radius 3 is 2.29 bits per heavy atom. The third-order valence-corrected chi connectivity index (χ3v) is 3.33. The van der Waals surface area contributed by atoms with E-state index in [2.05, 4.69) is 10.1 Å². The number of hydrogen-bond acceptors (Lipinski definition) is 4. The van der Waals surface area contributed by atoms with Crippen LogP contribution in [0.15, 0.2) is 36.4 Å². The van der Waals surface area contributed by atoms with E-state index in [1.807, 2.05) is 0 Å². The average Bonchev–Trinajstić information content (AvgIpc) is 2.56. The number of halogens is 2. The van der Waals surface area contributed by atoms with Crippen LogP contribution in [0.5, 0.6) is 17.2 Å². The van der Waals surface area contributed by atoms with Crippen molar-refractivity contribution in [1.29, 1.82) is 0 Å². The first-order valence-corrected chi connectivity index (χ1v) is 7.04. The van der Waals surface area contributed by atoms with Gasteiger partial charge in [-0.25, -0.2) is 0 Å². The van der Waals surface area contributed by atoms with Gasteiger partial charge in [0, 0.05) is 11.8 Å². The van der Waals surface area contributed by atoms with Crippen LogP contribution in [0.25, 0.3) is 0 Å². The number of ether oxygens (including phenoxy) is 3. The molecule has 0 aliphatic rings. The fraction of sp³-hybridized carbons (Fsp3) is 0.235. The van der Waals surface area contributed by atoms with Gasteiger partial charge in [0.05, 0.1) is 19.8 Å². The highest BCUT2D eigenvalue weighted by atomic mass is 19.3. The zero-order valence-corrected chi connectivity index (χ0v) is 13.4. The lowest BCUT2D eigenvalue weighted by molar-refractivity contribution is -0.0501. The molecule has 0 unspecified atom stereocenters. The molecule has 5 nitrogen and oxygen atoms in total. The third-order valence-electron chi connectivity index (χ3n) is 3.33. The van der Waals surface area contributed by atoms with Gasteiger partial charge in [-0.2, -0.15) is 8.78 Å². The number of anilines is 1. The van der Waals surface area contributed by atoms with Gasteiger partial charge >= 0.3 is 6.61 Å². The predicted octanol–water partition coefficient (Wildman–Crippen LogP) is 3.87. The number of carbonyl (C=O) groups is 1. The Kier molecular flexibility index (Phi) is 5.57. The minimum absolute atomic E-state index is 0.00647. The van der Waals surface area contributed by atoms with Crippen molar-refractivity contribution in [2.45, 2.75) is 13.5 Å². The highest BCUT2D eigenvalue weighted by molar-refractivity contribution is 6.06. The van der Waals surface area contributed by atoms with Gasteiger partial charge in [0.2, 0.25) is 0 Å². The highest BCUT2D eigenvalue weighted by Gasteiger charge is 2.17. The number of benzene rings is 2. The van der Waals surface area contributed by atoms with E-state index < -0.39 is 12.5 Å². The van der Waals surface area contributed by atoms with Gasteiger partial charge in [-0.1, -0.05) is 12.1 Å². The first-order valence-electron chi connectivity index (χ1n) is 7.04. The largest absolute Gasteiger partial charge is 0.493 e. The molecular formula is C17H17F2NO4. The lowest BCUT2D eigenvalue weighted by atomic mass is 10.1. The quantitative estimate of drug-likeness (QED) is 0.869. The zero-order valence-electron chi connectivity index (χ0n) is 13.4. The van der Waals surface area contributed by atoms with Crippen LogP contribution in [-0.4, -0.2) is 26.7 Å². The lowest BCUT2D eigenvalue weighted by Gasteiger charge is -2.15. The summed E-state index contributed by atoms with van der Waals surface area (Å²) in [5.41, 5.74) is 1.21. The van der Waals surface area contributed by atoms with Crippen molar-refractivity contribution in [1.82, 2.24) is 0 Å². The van der Waals surface area contributed by atoms with E-state index in [1.54, 1.807) is 25.1 Å². The number of carbonyl (C=O) groups excluding carboxylic acids is 1. The molecule has 0 spiro atoms. The van der Waals surface area contributed by atoms with E-state index in [-0.39, 0.29) is 11.3 Å². The maximum atomic E-state index is 12.5. The van der Waals surface area contributed by atoms with Gasteiger partial charge < -0.3 is 19.5 Å². The molecule has 0 atom stereocenters. The Hall–Kier alpha value is -2.83. The van der Waals surface area contributed by atoms with Crippen LogP contribution < -0.4 is 19.5 Å². The molecule has 2 aromatic rings. The van der Waals surface area contributed by atoms with Crippen LogP contribution in [0.4, 0.5) is 14.5 Å². The SMILES string of the molecule is COc1cc(C)c(NC(=O)c2ccccc2OC(F)F)cc1OC. The summed E-state index contributed by atoms with van der Waals surface area (Å²) in [5.74, 6) is 0.203. The van der Waals surface area contributed by atoms with Crippen LogP contribution in [0, 0.1) is 6.92 Å². The van der Waals surface area contributed by atoms with Crippen molar-refractivity contribution in [2.24, 2.45) is 0 Å². The molecule has 0 radical (unpaired) electrons. The molecule has 0 fully saturated rings. The van der Waals surface area contributed by atoms with Crippen LogP contribution in [-0.2, 0) is 0 Å². The van der Waals surface area contributed by atoms with Crippen molar-refractivity contribution in [3.05, 3.63) is 47.5 Å². The third kappa shape index (κ3) is 3.92. The molecule has 2 rings (SSSR count). The number of para-hydroxylation sites is 1. The van der Waals surface area contributed by atoms with Crippen molar-refractivity contribution >= 4 is 11.6 Å². The van der Waals surface area contributed by atoms with E-state index in [1.165, 1.54) is 32.4 Å². The molecule has 0 aliphatic carbocycles. The van der Waals surface area contributed by atoms with E-state index in [9.17, 15) is 13.6 Å². The van der Waals surface area contributed by atoms with Crippen molar-refractivity contribution in [3.8, 4) is 17.2 Å². The zero-order chi connectivity index (χ0) is 17.7. The summed E-state index contributed by atoms with van der Waals surface area (Å²) < 4.78 is 39.7. The maximum absolute atomic E-state index is 12.5. The molecule has 7 heteroatoms. The monoisotopic (exact) mass is 337 g/mol. The molecule has 0 aliphatic heterocycles. The summed E-state index contributed by atoms with van der Waals surface area (Å²) in [7, 11) is 2.98. The predicted molar refractivity (Wildman–Crippen MR) is 85.3 cm³/mol. The number of nitrogens with one attached hydrogen (secondary N) is 1. The second kappa shape index (κ2) is 7.63. The normalized spacial score (nSPS) is 10.4. The standard InChI is InChI=1S/C17H17F2NO4/c1-10-8-14(22-2)15(23-3)9-12(10)20-16(21)11-6-4-5-7-13(11)24-17(18)19/h4-9,17H,1-3H3,(H,20,21). The molecule has 128 valence electrons. The first-order chi connectivity index (χ1) is 11.5. The number of amides is 1. The second-order valence-electron chi connectivity index (χ2n) is 4.85. The highest BCUT2D eigenvalue weighted by Crippen LogP contribution is 2.33. The molecule has 0 heterocycles. The second-order valence-corrected chi connectivity index (χ2v) is 4.85. The molecule has 24 heavy (non-hydrogen) atoms. The van der Waals surface area contributed by atoms with E-state index in [4.69, 9.17) is 9.47 Å². The Bertz CT molecular complexity index is 735. The molecule has 0 aromatic heterocycles. The first kappa shape index (κ1) is 17.5. The number of rotatable bonds is 6. The van der Waals surface area contributed by atoms with Crippen LogP contribution in [0.3, 0.4) is 0 Å². The Labute approximate surface area is 138 Å². The molecule has 0 bridgehead atoms. The van der Waals surface area contributed by atoms with Crippen LogP contribution in [0.2, 0.25) is 0 Å². The van der Waals surface area contributed by atoms with Gasteiger partial charge in [0.1, 0.15) is 5.75 Å². The number of aryl methyl sites for hydroxylation is 1. The van der Waals surface area contributed by atoms with Gasteiger partial charge in [-0.15, -0.1) is 0 Å². The van der Waals surface area contributed by atoms with Crippen molar-refractivity contribution < 1.29 is 27.8 Å². The molecule has 2 aromatic carbocycles. The smallest absolute Gasteiger partial charge is 0.387 e. The summed E-state index contributed by atoms with van der Waals surface area (Å²) in [4.78, 5) is 12.4. The maximum Gasteiger partial charge on any atom is 0.387 e. The van der Waals surface area contributed by atoms with Crippen LogP contribution >= 0.6 is 0 Å². The van der Waals surface area contributed by atoms with Gasteiger partial charge in [-0.3, -0.25) is 4.79 Å². The summed E-state index contributed by atoms with van der Waals surface area (Å²) >= 11 is 0. The molecule has 1 N–H and O–H groups in total. The van der Waals surface area contributed by atoms with E-state index in [0.29, 0.717) is 17.2 Å². The van der Waals surface area contributed by atoms with Crippen molar-refractivity contribution in [3.63, 3.8) is 0 Å². The number of hydrogen-bond donors (Lipinski definition) is 1. The summed E-state index contributed by atoms with van der Waals surface area (Å²) in [5, 5.41) is 2.67. The van der Waals surface area contributed by atoms with Crippen LogP contribution in [0.1, 0.15) is 15.9 Å². The fourth-order valence-corrected chi connectivity index (χ4v) is 2.16. The molecule has 1 amide bonds. The van der Waals surface area contributed by atoms with Gasteiger partial charge in [0.25, 0.3) is 5.91 Å².